The Morgan fingerprint density at radius 3 is 1.70 bits per heavy atom. The Labute approximate surface area is 421 Å². The third-order valence-electron chi connectivity index (χ3n) is 14.8. The summed E-state index contributed by atoms with van der Waals surface area (Å²) in [6.07, 6.45) is -13.1. The molecule has 4 heterocycles. The number of ether oxygens (including phenoxy) is 2. The summed E-state index contributed by atoms with van der Waals surface area (Å²) in [6.45, 7) is 34.2. The van der Waals surface area contributed by atoms with Crippen molar-refractivity contribution < 1.29 is 75.2 Å². The second-order valence-corrected chi connectivity index (χ2v) is 49.7. The van der Waals surface area contributed by atoms with E-state index in [9.17, 15) is 38.4 Å². The number of hydrogen-bond donors (Lipinski definition) is 5. The van der Waals surface area contributed by atoms with E-state index in [4.69, 9.17) is 28.4 Å². The molecule has 2 aromatic rings. The van der Waals surface area contributed by atoms with Gasteiger partial charge in [0.05, 0.1) is 29.6 Å². The van der Waals surface area contributed by atoms with Crippen LogP contribution in [0.2, 0.25) is 44.3 Å². The topological polar surface area (TPSA) is 252 Å². The van der Waals surface area contributed by atoms with Crippen LogP contribution in [0.3, 0.4) is 0 Å². The maximum Gasteiger partial charge on any atom is 0.500 e. The Balaban J connectivity index is 2.09. The molecule has 71 heavy (non-hydrogen) atoms. The van der Waals surface area contributed by atoms with Crippen LogP contribution in [-0.4, -0.2) is 140 Å². The second-order valence-electron chi connectivity index (χ2n) is 22.4. The van der Waals surface area contributed by atoms with E-state index in [0.29, 0.717) is 9.13 Å². The number of sulfone groups is 1. The zero-order valence-electron chi connectivity index (χ0n) is 44.6. The average Bonchev–Trinajstić information content (AvgIpc) is 3.88. The monoisotopic (exact) mass is 1110 g/mol. The van der Waals surface area contributed by atoms with Gasteiger partial charge in [-0.2, -0.15) is 18.2 Å². The standard InChI is InChI=1S/C44H82F3N5O14SSi4/c1-22(2)38(56)50-42-49-37-33(39(57)52(42)40-35(55)34(54)31(19-53)62-40)48-21-51(37)41-43(58,67(59,60)44(45,46)47)36(64-66-71(29(15)16,30(17)18)69(25(7)8)26(9)10)32(63-41)20-61-65-70(27(11)12,28(13)14)68(23(3)4)24(5)6/h21-32,34-36,40-41,53-55,58,68-69H,19-20H2,1-18H3,(H,49,50,56)/t31-,32-,34-,35+,36-,40-,41-,43+/m1/s1. The number of alkyl halides is 3. The minimum absolute atomic E-state index is 0.00291. The number of imidazole rings is 1. The molecular formula is C44H82F3N5O14SSi4. The summed E-state index contributed by atoms with van der Waals surface area (Å²) in [5, 5.41) is 46.8. The Kier molecular flexibility index (Phi) is 20.0. The van der Waals surface area contributed by atoms with E-state index in [2.05, 4.69) is 98.4 Å². The molecule has 2 aromatic heterocycles. The van der Waals surface area contributed by atoms with Crippen molar-refractivity contribution in [2.45, 2.75) is 222 Å². The third-order valence-corrected chi connectivity index (χ3v) is 55.4. The highest BCUT2D eigenvalue weighted by Crippen LogP contribution is 2.52. The summed E-state index contributed by atoms with van der Waals surface area (Å²) in [7, 11) is -17.0. The predicted molar refractivity (Wildman–Crippen MR) is 272 cm³/mol. The largest absolute Gasteiger partial charge is 0.500 e. The van der Waals surface area contributed by atoms with Crippen molar-refractivity contribution in [3.8, 4) is 0 Å². The highest BCUT2D eigenvalue weighted by molar-refractivity contribution is 7.93. The number of aliphatic hydroxyl groups excluding tert-OH is 3. The van der Waals surface area contributed by atoms with Crippen molar-refractivity contribution in [2.24, 2.45) is 5.92 Å². The van der Waals surface area contributed by atoms with Gasteiger partial charge in [0.1, 0.15) is 31.0 Å². The summed E-state index contributed by atoms with van der Waals surface area (Å²) in [4.78, 5) is 44.5. The number of hydrogen-bond acceptors (Lipinski definition) is 16. The molecule has 0 aliphatic carbocycles. The number of halogens is 3. The molecule has 2 fully saturated rings. The van der Waals surface area contributed by atoms with Gasteiger partial charge in [0.15, 0.2) is 29.7 Å². The molecule has 27 heteroatoms. The molecule has 410 valence electrons. The number of aliphatic hydroxyl groups is 4. The van der Waals surface area contributed by atoms with Crippen LogP contribution in [0.25, 0.3) is 11.2 Å². The number of nitrogens with one attached hydrogen (secondary N) is 1. The van der Waals surface area contributed by atoms with Gasteiger partial charge in [-0.25, -0.2) is 27.7 Å². The first-order valence-corrected chi connectivity index (χ1v) is 36.7. The lowest BCUT2D eigenvalue weighted by molar-refractivity contribution is -0.300. The van der Waals surface area contributed by atoms with Crippen molar-refractivity contribution >= 4 is 65.2 Å². The fraction of sp³-hybridized carbons (Fsp3) is 0.864. The second kappa shape index (κ2) is 23.1. The molecular weight excluding hydrogens is 1020 g/mol. The van der Waals surface area contributed by atoms with Crippen LogP contribution in [0.4, 0.5) is 19.1 Å². The average molecular weight is 1110 g/mol. The van der Waals surface area contributed by atoms with Crippen LogP contribution >= 0.6 is 0 Å². The van der Waals surface area contributed by atoms with Crippen molar-refractivity contribution in [3.05, 3.63) is 16.7 Å². The molecule has 0 unspecified atom stereocenters. The molecule has 2 aliphatic rings. The first-order valence-electron chi connectivity index (χ1n) is 24.8. The van der Waals surface area contributed by atoms with Gasteiger partial charge in [-0.15, -0.1) is 0 Å². The lowest BCUT2D eigenvalue weighted by Crippen LogP contribution is -2.64. The summed E-state index contributed by atoms with van der Waals surface area (Å²) < 4.78 is 102. The summed E-state index contributed by atoms with van der Waals surface area (Å²) in [6, 6.07) is 0. The minimum atomic E-state index is -6.84. The summed E-state index contributed by atoms with van der Waals surface area (Å²) in [5.41, 5.74) is -8.39. The molecule has 19 nitrogen and oxygen atoms in total. The third kappa shape index (κ3) is 11.0. The van der Waals surface area contributed by atoms with Crippen molar-refractivity contribution in [1.29, 1.82) is 0 Å². The quantitative estimate of drug-likeness (QED) is 0.0461. The number of rotatable bonds is 23. The first kappa shape index (κ1) is 61.6. The minimum Gasteiger partial charge on any atom is -0.394 e. The highest BCUT2D eigenvalue weighted by Gasteiger charge is 2.74. The molecule has 0 radical (unpaired) electrons. The summed E-state index contributed by atoms with van der Waals surface area (Å²) in [5.74, 6) is -2.18. The molecule has 0 aromatic carbocycles. The van der Waals surface area contributed by atoms with Gasteiger partial charge in [-0.1, -0.05) is 147 Å². The van der Waals surface area contributed by atoms with Crippen molar-refractivity contribution in [2.75, 3.05) is 18.5 Å². The number of carbonyl (C=O) groups is 1. The first-order chi connectivity index (χ1) is 32.6. The van der Waals surface area contributed by atoms with E-state index in [-0.39, 0.29) is 44.3 Å². The van der Waals surface area contributed by atoms with Gasteiger partial charge >= 0.3 is 5.51 Å². The van der Waals surface area contributed by atoms with Gasteiger partial charge in [0.2, 0.25) is 27.5 Å². The molecule has 0 bridgehead atoms. The lowest BCUT2D eigenvalue weighted by Gasteiger charge is -2.47. The van der Waals surface area contributed by atoms with E-state index in [1.807, 2.05) is 27.7 Å². The Bertz CT molecular complexity index is 2270. The van der Waals surface area contributed by atoms with Crippen LogP contribution in [0.5, 0.6) is 0 Å². The van der Waals surface area contributed by atoms with Gasteiger partial charge in [0.25, 0.3) is 20.3 Å². The van der Waals surface area contributed by atoms with E-state index >= 15 is 13.2 Å². The highest BCUT2D eigenvalue weighted by atomic mass is 32.2. The van der Waals surface area contributed by atoms with Crippen molar-refractivity contribution in [1.82, 2.24) is 19.1 Å². The smallest absolute Gasteiger partial charge is 0.394 e. The van der Waals surface area contributed by atoms with E-state index in [1.54, 1.807) is 0 Å². The Hall–Kier alpha value is -1.97. The van der Waals surface area contributed by atoms with Crippen LogP contribution in [0, 0.1) is 5.92 Å². The zero-order valence-corrected chi connectivity index (χ0v) is 49.7. The zero-order chi connectivity index (χ0) is 54.4. The molecule has 8 atom stereocenters. The van der Waals surface area contributed by atoms with E-state index in [1.165, 1.54) is 13.8 Å². The van der Waals surface area contributed by atoms with Gasteiger partial charge < -0.3 is 29.9 Å². The van der Waals surface area contributed by atoms with Crippen LogP contribution < -0.4 is 10.9 Å². The van der Waals surface area contributed by atoms with Gasteiger partial charge in [0, 0.05) is 5.92 Å². The molecule has 2 saturated heterocycles. The fourth-order valence-corrected chi connectivity index (χ4v) is 50.5. The van der Waals surface area contributed by atoms with Crippen LogP contribution in [0.15, 0.2) is 11.1 Å². The Morgan fingerprint density at radius 2 is 1.30 bits per heavy atom. The van der Waals surface area contributed by atoms with Gasteiger partial charge in [-0.3, -0.25) is 28.6 Å². The van der Waals surface area contributed by atoms with Gasteiger partial charge in [-0.05, 0) is 22.2 Å². The van der Waals surface area contributed by atoms with E-state index < -0.39 is 143 Å². The number of anilines is 1. The van der Waals surface area contributed by atoms with Crippen LogP contribution in [0.1, 0.15) is 137 Å². The number of amides is 1. The number of fused-ring (bicyclic) bond motifs is 1. The maximum atomic E-state index is 15.4. The predicted octanol–water partition coefficient (Wildman–Crippen LogP) is 6.37. The molecule has 0 spiro atoms. The molecule has 5 N–H and O–H groups in total. The number of nitrogens with zero attached hydrogens (tertiary/aromatic N) is 4. The molecule has 4 rings (SSSR count). The number of carbonyl (C=O) groups excluding carboxylic acids is 1. The maximum absolute atomic E-state index is 15.4. The SMILES string of the molecule is CC(C)C(=O)Nc1nc2c(ncn2[C@@H]2O[C@H](COO[Si](C(C)C)(C(C)C)[SiH](C(C)C)C(C)C)[C@@H](OO[Si](C(C)C)(C(C)C)[SiH](C(C)C)C(C)C)[C@]2(O)S(=O)(=O)C(F)(F)F)c(=O)n1[C@@H]1O[C@H](CO)[C@@H](O)[C@@H]1O. The molecule has 1 amide bonds. The Morgan fingerprint density at radius 1 is 0.817 bits per heavy atom. The number of aromatic nitrogens is 4. The lowest BCUT2D eigenvalue weighted by atomic mass is 10.1. The van der Waals surface area contributed by atoms with Crippen molar-refractivity contribution in [3.63, 3.8) is 0 Å². The molecule has 2 aliphatic heterocycles. The summed E-state index contributed by atoms with van der Waals surface area (Å²) >= 11 is 0. The molecule has 0 saturated carbocycles. The van der Waals surface area contributed by atoms with E-state index in [0.717, 1.165) is 6.33 Å². The fourth-order valence-electron chi connectivity index (χ4n) is 11.9. The van der Waals surface area contributed by atoms with Crippen LogP contribution in [-0.2, 0) is 43.0 Å². The normalized spacial score (nSPS) is 25.3.